The lowest BCUT2D eigenvalue weighted by Crippen LogP contribution is -2.30. The second kappa shape index (κ2) is 9.07. The highest BCUT2D eigenvalue weighted by atomic mass is 35.5. The van der Waals surface area contributed by atoms with Crippen LogP contribution in [0.2, 0.25) is 5.02 Å². The van der Waals surface area contributed by atoms with Crippen molar-refractivity contribution in [3.63, 3.8) is 0 Å². The van der Waals surface area contributed by atoms with Gasteiger partial charge in [-0.25, -0.2) is 13.6 Å². The summed E-state index contributed by atoms with van der Waals surface area (Å²) in [7, 11) is 2.86. The van der Waals surface area contributed by atoms with E-state index < -0.39 is 34.3 Å². The molecule has 4 rings (SSSR count). The van der Waals surface area contributed by atoms with E-state index in [0.29, 0.717) is 10.9 Å². The number of urea groups is 1. The third-order valence-electron chi connectivity index (χ3n) is 4.98. The Morgan fingerprint density at radius 3 is 2.61 bits per heavy atom. The number of halogens is 3. The van der Waals surface area contributed by atoms with E-state index in [0.717, 1.165) is 18.9 Å². The molecule has 0 saturated heterocycles. The van der Waals surface area contributed by atoms with Crippen molar-refractivity contribution in [3.8, 4) is 17.2 Å². The van der Waals surface area contributed by atoms with Gasteiger partial charge < -0.3 is 25.4 Å². The zero-order valence-corrected chi connectivity index (χ0v) is 18.3. The molecule has 0 aliphatic heterocycles. The first kappa shape index (κ1) is 22.5. The van der Waals surface area contributed by atoms with Gasteiger partial charge in [0.05, 0.1) is 23.9 Å². The molecule has 3 N–H and O–H groups in total. The van der Waals surface area contributed by atoms with Gasteiger partial charge in [0.1, 0.15) is 16.5 Å². The molecule has 1 saturated carbocycles. The maximum atomic E-state index is 14.9. The number of carbonyl (C=O) groups excluding carboxylic acids is 2. The summed E-state index contributed by atoms with van der Waals surface area (Å²) < 4.78 is 40.5. The van der Waals surface area contributed by atoms with E-state index in [2.05, 4.69) is 20.9 Å². The van der Waals surface area contributed by atoms with Gasteiger partial charge in [-0.05, 0) is 25.0 Å². The number of hydrogen-bond donors (Lipinski definition) is 3. The van der Waals surface area contributed by atoms with Gasteiger partial charge >= 0.3 is 6.03 Å². The van der Waals surface area contributed by atoms with Crippen LogP contribution in [0.3, 0.4) is 0 Å². The first-order valence-electron chi connectivity index (χ1n) is 9.94. The SMILES string of the molecule is CNC(=O)c1cc2c(Oc3c(F)cc(NC(=O)NC4CC4)c(Cl)c3F)ccnc2cc1OC. The van der Waals surface area contributed by atoms with E-state index in [1.807, 2.05) is 0 Å². The second-order valence-electron chi connectivity index (χ2n) is 7.30. The van der Waals surface area contributed by atoms with Gasteiger partial charge in [-0.2, -0.15) is 0 Å². The smallest absolute Gasteiger partial charge is 0.319 e. The van der Waals surface area contributed by atoms with Crippen LogP contribution >= 0.6 is 11.6 Å². The van der Waals surface area contributed by atoms with Crippen molar-refractivity contribution in [2.45, 2.75) is 18.9 Å². The van der Waals surface area contributed by atoms with Gasteiger partial charge in [-0.3, -0.25) is 9.78 Å². The Balaban J connectivity index is 1.71. The van der Waals surface area contributed by atoms with Gasteiger partial charge in [0.2, 0.25) is 0 Å². The number of ether oxygens (including phenoxy) is 2. The Bertz CT molecular complexity index is 1270. The zero-order chi connectivity index (χ0) is 23.7. The Morgan fingerprint density at radius 1 is 1.18 bits per heavy atom. The molecule has 8 nitrogen and oxygen atoms in total. The third kappa shape index (κ3) is 4.61. The van der Waals surface area contributed by atoms with Crippen LogP contribution in [0.5, 0.6) is 17.2 Å². The number of fused-ring (bicyclic) bond motifs is 1. The number of nitrogens with zero attached hydrogens (tertiary/aromatic N) is 1. The quantitative estimate of drug-likeness (QED) is 0.451. The summed E-state index contributed by atoms with van der Waals surface area (Å²) in [4.78, 5) is 28.3. The van der Waals surface area contributed by atoms with Gasteiger partial charge in [0.15, 0.2) is 17.4 Å². The first-order valence-corrected chi connectivity index (χ1v) is 10.3. The number of aromatic nitrogens is 1. The Hall–Kier alpha value is -3.66. The highest BCUT2D eigenvalue weighted by Crippen LogP contribution is 2.39. The minimum Gasteiger partial charge on any atom is -0.496 e. The number of nitrogens with one attached hydrogen (secondary N) is 3. The number of carbonyl (C=O) groups is 2. The molecule has 172 valence electrons. The molecular weight excluding hydrogens is 458 g/mol. The standard InChI is InChI=1S/C22H19ClF2N4O4/c1-26-21(30)12-7-11-14(9-17(12)32-2)27-6-5-16(11)33-20-13(24)8-15(18(23)19(20)25)29-22(31)28-10-3-4-10/h5-10H,3-4H2,1-2H3,(H,26,30)(H2,28,29,31). The molecule has 2 aromatic carbocycles. The molecular formula is C22H19ClF2N4O4. The molecule has 11 heteroatoms. The molecule has 0 bridgehead atoms. The summed E-state index contributed by atoms with van der Waals surface area (Å²) in [6, 6.07) is 4.67. The number of hydrogen-bond acceptors (Lipinski definition) is 5. The lowest BCUT2D eigenvalue weighted by Gasteiger charge is -2.15. The van der Waals surface area contributed by atoms with Crippen molar-refractivity contribution in [1.29, 1.82) is 0 Å². The first-order chi connectivity index (χ1) is 15.8. The van der Waals surface area contributed by atoms with Gasteiger partial charge in [-0.15, -0.1) is 0 Å². The normalized spacial score (nSPS) is 12.9. The highest BCUT2D eigenvalue weighted by Gasteiger charge is 2.25. The van der Waals surface area contributed by atoms with Crippen LogP contribution in [0.4, 0.5) is 19.3 Å². The highest BCUT2D eigenvalue weighted by molar-refractivity contribution is 6.34. The Labute approximate surface area is 192 Å². The van der Waals surface area contributed by atoms with Crippen molar-refractivity contribution >= 4 is 40.1 Å². The lowest BCUT2D eigenvalue weighted by molar-refractivity contribution is 0.0960. The molecule has 33 heavy (non-hydrogen) atoms. The molecule has 0 atom stereocenters. The van der Waals surface area contributed by atoms with Gasteiger partial charge in [0.25, 0.3) is 5.91 Å². The molecule has 0 radical (unpaired) electrons. The van der Waals surface area contributed by atoms with Gasteiger partial charge in [-0.1, -0.05) is 11.6 Å². The van der Waals surface area contributed by atoms with Crippen LogP contribution in [0.15, 0.2) is 30.5 Å². The van der Waals surface area contributed by atoms with Crippen LogP contribution in [-0.4, -0.2) is 37.1 Å². The maximum absolute atomic E-state index is 14.9. The number of anilines is 1. The fraction of sp³-hybridized carbons (Fsp3) is 0.227. The number of benzene rings is 2. The summed E-state index contributed by atoms with van der Waals surface area (Å²) in [6.07, 6.45) is 3.08. The molecule has 3 aromatic rings. The number of amides is 3. The van der Waals surface area contributed by atoms with Crippen LogP contribution in [0.25, 0.3) is 10.9 Å². The minimum atomic E-state index is -1.19. The zero-order valence-electron chi connectivity index (χ0n) is 17.6. The summed E-state index contributed by atoms with van der Waals surface area (Å²) in [5.74, 6) is -3.16. The predicted octanol–water partition coefficient (Wildman–Crippen LogP) is 4.61. The van der Waals surface area contributed by atoms with E-state index >= 15 is 0 Å². The minimum absolute atomic E-state index is 0.0360. The van der Waals surface area contributed by atoms with Crippen LogP contribution in [0, 0.1) is 11.6 Å². The largest absolute Gasteiger partial charge is 0.496 e. The van der Waals surface area contributed by atoms with Crippen LogP contribution in [-0.2, 0) is 0 Å². The summed E-state index contributed by atoms with van der Waals surface area (Å²) in [5, 5.41) is 7.28. The van der Waals surface area contributed by atoms with E-state index in [1.54, 1.807) is 0 Å². The number of methoxy groups -OCH3 is 1. The van der Waals surface area contributed by atoms with E-state index in [4.69, 9.17) is 21.1 Å². The predicted molar refractivity (Wildman–Crippen MR) is 118 cm³/mol. The second-order valence-corrected chi connectivity index (χ2v) is 7.67. The fourth-order valence-electron chi connectivity index (χ4n) is 3.16. The van der Waals surface area contributed by atoms with E-state index in [1.165, 1.54) is 38.6 Å². The average molecular weight is 477 g/mol. The van der Waals surface area contributed by atoms with Crippen molar-refractivity contribution in [2.75, 3.05) is 19.5 Å². The van der Waals surface area contributed by atoms with E-state index in [9.17, 15) is 18.4 Å². The topological polar surface area (TPSA) is 102 Å². The lowest BCUT2D eigenvalue weighted by atomic mass is 10.1. The fourth-order valence-corrected chi connectivity index (χ4v) is 3.35. The molecule has 0 unspecified atom stereocenters. The number of pyridine rings is 1. The molecule has 1 fully saturated rings. The monoisotopic (exact) mass is 476 g/mol. The number of rotatable bonds is 6. The molecule has 1 aliphatic rings. The Morgan fingerprint density at radius 2 is 1.94 bits per heavy atom. The summed E-state index contributed by atoms with van der Waals surface area (Å²) >= 11 is 6.03. The van der Waals surface area contributed by atoms with Crippen LogP contribution in [0.1, 0.15) is 23.2 Å². The van der Waals surface area contributed by atoms with Crippen molar-refractivity contribution in [3.05, 3.63) is 52.7 Å². The maximum Gasteiger partial charge on any atom is 0.319 e. The molecule has 0 spiro atoms. The van der Waals surface area contributed by atoms with Crippen molar-refractivity contribution < 1.29 is 27.8 Å². The average Bonchev–Trinajstić information content (AvgIpc) is 3.62. The molecule has 1 heterocycles. The molecule has 3 amide bonds. The van der Waals surface area contributed by atoms with Crippen molar-refractivity contribution in [1.82, 2.24) is 15.6 Å². The van der Waals surface area contributed by atoms with Crippen LogP contribution < -0.4 is 25.4 Å². The summed E-state index contributed by atoms with van der Waals surface area (Å²) in [6.45, 7) is 0. The third-order valence-corrected chi connectivity index (χ3v) is 5.35. The summed E-state index contributed by atoms with van der Waals surface area (Å²) in [5.41, 5.74) is 0.327. The Kier molecular flexibility index (Phi) is 6.19. The molecule has 1 aromatic heterocycles. The molecule has 1 aliphatic carbocycles. The van der Waals surface area contributed by atoms with Gasteiger partial charge in [0, 0.05) is 36.8 Å². The van der Waals surface area contributed by atoms with Crippen molar-refractivity contribution in [2.24, 2.45) is 0 Å². The van der Waals surface area contributed by atoms with E-state index in [-0.39, 0.29) is 28.8 Å².